The van der Waals surface area contributed by atoms with Crippen LogP contribution >= 0.6 is 38.5 Å². The molecule has 0 spiro atoms. The molecule has 0 saturated carbocycles. The van der Waals surface area contributed by atoms with Gasteiger partial charge in [0.15, 0.2) is 0 Å². The zero-order valence-electron chi connectivity index (χ0n) is 10.7. The highest BCUT2D eigenvalue weighted by Gasteiger charge is 2.05. The maximum atomic E-state index is 3.53. The molecule has 0 aromatic heterocycles. The molecule has 0 bridgehead atoms. The van der Waals surface area contributed by atoms with Crippen LogP contribution in [0.5, 0.6) is 0 Å². The smallest absolute Gasteiger partial charge is 0.0214 e. The van der Waals surface area contributed by atoms with Crippen LogP contribution in [0.25, 0.3) is 22.3 Å². The minimum Gasteiger partial charge on any atom is -0.0622 e. The van der Waals surface area contributed by atoms with Gasteiger partial charge in [0.25, 0.3) is 0 Å². The maximum Gasteiger partial charge on any atom is 0.0214 e. The summed E-state index contributed by atoms with van der Waals surface area (Å²) in [5.41, 5.74) is 5.02. The van der Waals surface area contributed by atoms with E-state index < -0.39 is 0 Å². The second kappa shape index (κ2) is 6.10. The van der Waals surface area contributed by atoms with Gasteiger partial charge in [-0.1, -0.05) is 70.5 Å². The van der Waals surface area contributed by atoms with E-state index in [9.17, 15) is 0 Å². The van der Waals surface area contributed by atoms with Gasteiger partial charge in [-0.15, -0.1) is 0 Å². The Morgan fingerprint density at radius 3 is 2.10 bits per heavy atom. The fourth-order valence-corrected chi connectivity index (χ4v) is 3.44. The van der Waals surface area contributed by atoms with Gasteiger partial charge >= 0.3 is 0 Å². The van der Waals surface area contributed by atoms with Crippen LogP contribution in [-0.4, -0.2) is 0 Å². The van der Waals surface area contributed by atoms with Crippen molar-refractivity contribution in [3.05, 3.63) is 80.8 Å². The minimum absolute atomic E-state index is 1.11. The van der Waals surface area contributed by atoms with Gasteiger partial charge in [-0.2, -0.15) is 0 Å². The zero-order valence-corrected chi connectivity index (χ0v) is 14.4. The molecule has 3 rings (SSSR count). The molecular formula is C18H12BrI. The molecule has 3 aromatic carbocycles. The summed E-state index contributed by atoms with van der Waals surface area (Å²) in [6, 6.07) is 25.5. The van der Waals surface area contributed by atoms with Gasteiger partial charge in [-0.25, -0.2) is 0 Å². The van der Waals surface area contributed by atoms with Crippen LogP contribution in [-0.2, 0) is 0 Å². The summed E-state index contributed by atoms with van der Waals surface area (Å²) in [4.78, 5) is 0. The molecule has 98 valence electrons. The molecule has 0 aliphatic rings. The van der Waals surface area contributed by atoms with E-state index in [0.717, 1.165) is 4.47 Å². The Kier molecular flexibility index (Phi) is 4.22. The summed E-state index contributed by atoms with van der Waals surface area (Å²) in [5, 5.41) is 0. The number of hydrogen-bond donors (Lipinski definition) is 0. The Balaban J connectivity index is 2.04. The van der Waals surface area contributed by atoms with E-state index in [-0.39, 0.29) is 0 Å². The van der Waals surface area contributed by atoms with Crippen molar-refractivity contribution in [2.75, 3.05) is 0 Å². The molecule has 2 heteroatoms. The summed E-state index contributed by atoms with van der Waals surface area (Å²) in [7, 11) is 0. The van der Waals surface area contributed by atoms with E-state index in [2.05, 4.69) is 105 Å². The van der Waals surface area contributed by atoms with Crippen molar-refractivity contribution in [1.82, 2.24) is 0 Å². The first-order valence-corrected chi connectivity index (χ1v) is 8.22. The van der Waals surface area contributed by atoms with Crippen LogP contribution in [0.15, 0.2) is 77.3 Å². The molecule has 0 radical (unpaired) electrons. The monoisotopic (exact) mass is 434 g/mol. The van der Waals surface area contributed by atoms with Crippen LogP contribution in [0, 0.1) is 3.57 Å². The Morgan fingerprint density at radius 2 is 1.40 bits per heavy atom. The van der Waals surface area contributed by atoms with E-state index in [4.69, 9.17) is 0 Å². The lowest BCUT2D eigenvalue weighted by atomic mass is 10.0. The largest absolute Gasteiger partial charge is 0.0622 e. The fraction of sp³-hybridized carbons (Fsp3) is 0. The number of benzene rings is 3. The van der Waals surface area contributed by atoms with Gasteiger partial charge in [0.2, 0.25) is 0 Å². The third kappa shape index (κ3) is 2.96. The molecule has 0 unspecified atom stereocenters. The van der Waals surface area contributed by atoms with E-state index in [0.29, 0.717) is 0 Å². The first-order valence-electron chi connectivity index (χ1n) is 6.35. The Hall–Kier alpha value is -1.13. The molecule has 0 aliphatic heterocycles. The minimum atomic E-state index is 1.11. The Labute approximate surface area is 141 Å². The van der Waals surface area contributed by atoms with Gasteiger partial charge < -0.3 is 0 Å². The highest BCUT2D eigenvalue weighted by atomic mass is 127. The third-order valence-corrected chi connectivity index (χ3v) is 4.60. The molecular weight excluding hydrogens is 423 g/mol. The average Bonchev–Trinajstić information content (AvgIpc) is 2.48. The molecule has 0 saturated heterocycles. The third-order valence-electron chi connectivity index (χ3n) is 3.21. The fourth-order valence-electron chi connectivity index (χ4n) is 2.22. The molecule has 0 nitrogen and oxygen atoms in total. The summed E-state index contributed by atoms with van der Waals surface area (Å²) >= 11 is 5.95. The molecule has 0 heterocycles. The molecule has 0 aliphatic carbocycles. The number of hydrogen-bond acceptors (Lipinski definition) is 0. The summed E-state index contributed by atoms with van der Waals surface area (Å²) < 4.78 is 2.37. The van der Waals surface area contributed by atoms with Gasteiger partial charge in [0, 0.05) is 8.04 Å². The first-order chi connectivity index (χ1) is 9.74. The summed E-state index contributed by atoms with van der Waals surface area (Å²) in [6.07, 6.45) is 0. The Bertz CT molecular complexity index is 735. The molecule has 3 aromatic rings. The van der Waals surface area contributed by atoms with Crippen LogP contribution in [0.1, 0.15) is 0 Å². The quantitative estimate of drug-likeness (QED) is 0.410. The van der Waals surface area contributed by atoms with Gasteiger partial charge in [0.05, 0.1) is 0 Å². The highest BCUT2D eigenvalue weighted by molar-refractivity contribution is 14.1. The molecule has 0 amide bonds. The standard InChI is InChI=1S/C18H12BrI/c19-16-8-4-7-15(11-16)17-10-9-14(12-18(17)20)13-5-2-1-3-6-13/h1-12H. The van der Waals surface area contributed by atoms with Gasteiger partial charge in [-0.05, 0) is 63.0 Å². The molecule has 0 atom stereocenters. The van der Waals surface area contributed by atoms with Crippen molar-refractivity contribution < 1.29 is 0 Å². The van der Waals surface area contributed by atoms with Crippen LogP contribution in [0.3, 0.4) is 0 Å². The van der Waals surface area contributed by atoms with Crippen molar-refractivity contribution in [2.24, 2.45) is 0 Å². The molecule has 0 N–H and O–H groups in total. The summed E-state index contributed by atoms with van der Waals surface area (Å²) in [6.45, 7) is 0. The molecule has 20 heavy (non-hydrogen) atoms. The lowest BCUT2D eigenvalue weighted by Crippen LogP contribution is -1.85. The SMILES string of the molecule is Brc1cccc(-c2ccc(-c3ccccc3)cc2I)c1. The second-order valence-corrected chi connectivity index (χ2v) is 6.65. The lowest BCUT2D eigenvalue weighted by molar-refractivity contribution is 1.55. The highest BCUT2D eigenvalue weighted by Crippen LogP contribution is 2.31. The van der Waals surface area contributed by atoms with Crippen molar-refractivity contribution >= 4 is 38.5 Å². The maximum absolute atomic E-state index is 3.53. The van der Waals surface area contributed by atoms with Crippen LogP contribution in [0.4, 0.5) is 0 Å². The Morgan fingerprint density at radius 1 is 0.650 bits per heavy atom. The van der Waals surface area contributed by atoms with Crippen molar-refractivity contribution in [3.8, 4) is 22.3 Å². The van der Waals surface area contributed by atoms with Gasteiger partial charge in [-0.3, -0.25) is 0 Å². The van der Waals surface area contributed by atoms with Crippen LogP contribution in [0.2, 0.25) is 0 Å². The van der Waals surface area contributed by atoms with Crippen molar-refractivity contribution in [2.45, 2.75) is 0 Å². The van der Waals surface area contributed by atoms with Gasteiger partial charge in [0.1, 0.15) is 0 Å². The number of halogens is 2. The predicted octanol–water partition coefficient (Wildman–Crippen LogP) is 6.39. The first kappa shape index (κ1) is 13.8. The lowest BCUT2D eigenvalue weighted by Gasteiger charge is -2.08. The van der Waals surface area contributed by atoms with Crippen LogP contribution < -0.4 is 0 Å². The predicted molar refractivity (Wildman–Crippen MR) is 97.7 cm³/mol. The van der Waals surface area contributed by atoms with E-state index in [1.807, 2.05) is 6.07 Å². The van der Waals surface area contributed by atoms with Crippen molar-refractivity contribution in [3.63, 3.8) is 0 Å². The normalized spacial score (nSPS) is 10.5. The van der Waals surface area contributed by atoms with Crippen molar-refractivity contribution in [1.29, 1.82) is 0 Å². The zero-order chi connectivity index (χ0) is 13.9. The summed E-state index contributed by atoms with van der Waals surface area (Å²) in [5.74, 6) is 0. The topological polar surface area (TPSA) is 0 Å². The van der Waals surface area contributed by atoms with E-state index in [1.165, 1.54) is 25.8 Å². The van der Waals surface area contributed by atoms with E-state index >= 15 is 0 Å². The van der Waals surface area contributed by atoms with E-state index in [1.54, 1.807) is 0 Å². The number of rotatable bonds is 2. The molecule has 0 fully saturated rings. The second-order valence-electron chi connectivity index (χ2n) is 4.57. The average molecular weight is 435 g/mol.